The second-order valence-corrected chi connectivity index (χ2v) is 7.28. The molecule has 6 atom stereocenters. The second-order valence-electron chi connectivity index (χ2n) is 7.28. The van der Waals surface area contributed by atoms with Crippen molar-refractivity contribution in [2.24, 2.45) is 0 Å². The lowest BCUT2D eigenvalue weighted by molar-refractivity contribution is -0.277. The van der Waals surface area contributed by atoms with E-state index in [1.807, 2.05) is 30.3 Å². The van der Waals surface area contributed by atoms with Gasteiger partial charge in [-0.2, -0.15) is 0 Å². The quantitative estimate of drug-likeness (QED) is 0.472. The zero-order valence-electron chi connectivity index (χ0n) is 15.8. The second kappa shape index (κ2) is 8.21. The Morgan fingerprint density at radius 2 is 1.77 bits per heavy atom. The van der Waals surface area contributed by atoms with Crippen molar-refractivity contribution >= 4 is 5.78 Å². The first-order valence-electron chi connectivity index (χ1n) is 9.48. The molecule has 4 rings (SSSR count). The molecule has 2 heterocycles. The van der Waals surface area contributed by atoms with Crippen LogP contribution in [0.25, 0.3) is 0 Å². The number of hydrogen-bond donors (Lipinski definition) is 5. The van der Waals surface area contributed by atoms with E-state index >= 15 is 0 Å². The molecule has 2 aliphatic heterocycles. The van der Waals surface area contributed by atoms with Gasteiger partial charge in [0.05, 0.1) is 13.0 Å². The number of Topliss-reactive ketones (excluding diaryl/α,β-unsaturated/α-hetero) is 1. The third kappa shape index (κ3) is 3.73. The Hall–Kier alpha value is -2.69. The highest BCUT2D eigenvalue weighted by Gasteiger charge is 2.45. The molecule has 0 spiro atoms. The standard InChI is InChI=1S/C21H22O9/c22-9-16-18(25)19(26)20(27)21(30-16)29-15-7-11(23)6-14-17(15)12(24)8-13(28-14)10-4-2-1-3-5-10/h1-7,13,16,18-23,25-27H,8-9H2/t13-,16+,18+,19-,20+,21+/m0/s1. The molecular weight excluding hydrogens is 396 g/mol. The van der Waals surface area contributed by atoms with Crippen LogP contribution in [-0.4, -0.2) is 68.6 Å². The molecule has 9 nitrogen and oxygen atoms in total. The molecule has 0 saturated carbocycles. The molecule has 0 radical (unpaired) electrons. The summed E-state index contributed by atoms with van der Waals surface area (Å²) in [6.45, 7) is -0.621. The molecule has 2 aromatic rings. The van der Waals surface area contributed by atoms with Crippen molar-refractivity contribution in [1.82, 2.24) is 0 Å². The van der Waals surface area contributed by atoms with Crippen molar-refractivity contribution in [3.8, 4) is 17.2 Å². The largest absolute Gasteiger partial charge is 0.508 e. The summed E-state index contributed by atoms with van der Waals surface area (Å²) in [5.41, 5.74) is 0.869. The fraction of sp³-hybridized carbons (Fsp3) is 0.381. The van der Waals surface area contributed by atoms with E-state index < -0.39 is 43.4 Å². The lowest BCUT2D eigenvalue weighted by Gasteiger charge is -2.40. The molecular formula is C21H22O9. The number of phenols is 1. The first-order chi connectivity index (χ1) is 14.4. The summed E-state index contributed by atoms with van der Waals surface area (Å²) in [5.74, 6) is -0.537. The van der Waals surface area contributed by atoms with Crippen molar-refractivity contribution in [3.05, 3.63) is 53.6 Å². The average Bonchev–Trinajstić information content (AvgIpc) is 2.74. The molecule has 0 aromatic heterocycles. The van der Waals surface area contributed by atoms with E-state index in [9.17, 15) is 30.3 Å². The number of rotatable bonds is 4. The van der Waals surface area contributed by atoms with Crippen LogP contribution in [-0.2, 0) is 4.74 Å². The van der Waals surface area contributed by atoms with Crippen molar-refractivity contribution in [2.45, 2.75) is 43.2 Å². The number of fused-ring (bicyclic) bond motifs is 1. The summed E-state index contributed by atoms with van der Waals surface area (Å²) in [4.78, 5) is 12.9. The van der Waals surface area contributed by atoms with Crippen molar-refractivity contribution in [2.75, 3.05) is 6.61 Å². The number of benzene rings is 2. The van der Waals surface area contributed by atoms with Gasteiger partial charge in [0.2, 0.25) is 6.29 Å². The van der Waals surface area contributed by atoms with E-state index in [4.69, 9.17) is 14.2 Å². The number of phenolic OH excluding ortho intramolecular Hbond substituents is 1. The van der Waals surface area contributed by atoms with Crippen molar-refractivity contribution in [1.29, 1.82) is 0 Å². The summed E-state index contributed by atoms with van der Waals surface area (Å²) in [6, 6.07) is 11.6. The highest BCUT2D eigenvalue weighted by molar-refractivity contribution is 6.02. The number of ketones is 1. The van der Waals surface area contributed by atoms with Crippen LogP contribution < -0.4 is 9.47 Å². The maximum absolute atomic E-state index is 12.9. The number of ether oxygens (including phenoxy) is 3. The molecule has 9 heteroatoms. The number of carbonyl (C=O) groups is 1. The number of aliphatic hydroxyl groups is 4. The van der Waals surface area contributed by atoms with Crippen LogP contribution in [0.5, 0.6) is 17.2 Å². The fourth-order valence-corrected chi connectivity index (χ4v) is 3.65. The van der Waals surface area contributed by atoms with Gasteiger partial charge in [-0.15, -0.1) is 0 Å². The SMILES string of the molecule is O=C1C[C@@H](c2ccccc2)Oc2cc(O)cc(O[C@@H]3O[C@H](CO)[C@@H](O)[C@H](O)[C@H]3O)c21. The van der Waals surface area contributed by atoms with Gasteiger partial charge in [-0.25, -0.2) is 0 Å². The lowest BCUT2D eigenvalue weighted by atomic mass is 9.95. The van der Waals surface area contributed by atoms with Crippen LogP contribution in [0, 0.1) is 0 Å². The molecule has 30 heavy (non-hydrogen) atoms. The molecule has 0 unspecified atom stereocenters. The Kier molecular flexibility index (Phi) is 5.63. The normalized spacial score (nSPS) is 31.0. The zero-order valence-corrected chi connectivity index (χ0v) is 15.8. The summed E-state index contributed by atoms with van der Waals surface area (Å²) >= 11 is 0. The van der Waals surface area contributed by atoms with Crippen LogP contribution in [0.15, 0.2) is 42.5 Å². The maximum atomic E-state index is 12.9. The van der Waals surface area contributed by atoms with Gasteiger partial charge < -0.3 is 39.7 Å². The minimum atomic E-state index is -1.66. The first-order valence-corrected chi connectivity index (χ1v) is 9.48. The predicted molar refractivity (Wildman–Crippen MR) is 101 cm³/mol. The minimum Gasteiger partial charge on any atom is -0.508 e. The molecule has 0 amide bonds. The van der Waals surface area contributed by atoms with Crippen LogP contribution >= 0.6 is 0 Å². The molecule has 5 N–H and O–H groups in total. The Morgan fingerprint density at radius 3 is 2.47 bits per heavy atom. The number of aliphatic hydroxyl groups excluding tert-OH is 4. The van der Waals surface area contributed by atoms with E-state index in [-0.39, 0.29) is 35.0 Å². The van der Waals surface area contributed by atoms with Gasteiger partial charge in [0.1, 0.15) is 53.3 Å². The van der Waals surface area contributed by atoms with Crippen LogP contribution in [0.3, 0.4) is 0 Å². The molecule has 2 aliphatic rings. The predicted octanol–water partition coefficient (Wildman–Crippen LogP) is 0.277. The topological polar surface area (TPSA) is 146 Å². The Balaban J connectivity index is 1.63. The number of aromatic hydroxyl groups is 1. The lowest BCUT2D eigenvalue weighted by Crippen LogP contribution is -2.60. The van der Waals surface area contributed by atoms with Crippen molar-refractivity contribution < 1.29 is 44.5 Å². The number of carbonyl (C=O) groups excluding carboxylic acids is 1. The average molecular weight is 418 g/mol. The highest BCUT2D eigenvalue weighted by atomic mass is 16.7. The van der Waals surface area contributed by atoms with Crippen molar-refractivity contribution in [3.63, 3.8) is 0 Å². The van der Waals surface area contributed by atoms with E-state index in [0.717, 1.165) is 5.56 Å². The molecule has 160 valence electrons. The zero-order chi connectivity index (χ0) is 21.4. The van der Waals surface area contributed by atoms with Gasteiger partial charge in [-0.3, -0.25) is 4.79 Å². The van der Waals surface area contributed by atoms with Gasteiger partial charge in [0.25, 0.3) is 0 Å². The third-order valence-electron chi connectivity index (χ3n) is 5.23. The molecule has 1 saturated heterocycles. The highest BCUT2D eigenvalue weighted by Crippen LogP contribution is 2.43. The van der Waals surface area contributed by atoms with Gasteiger partial charge in [-0.05, 0) is 5.56 Å². The van der Waals surface area contributed by atoms with Crippen LogP contribution in [0.1, 0.15) is 28.4 Å². The molecule has 0 bridgehead atoms. The van der Waals surface area contributed by atoms with Crippen LogP contribution in [0.2, 0.25) is 0 Å². The van der Waals surface area contributed by atoms with Crippen LogP contribution in [0.4, 0.5) is 0 Å². The molecule has 0 aliphatic carbocycles. The van der Waals surface area contributed by atoms with Gasteiger partial charge in [0.15, 0.2) is 5.78 Å². The summed E-state index contributed by atoms with van der Waals surface area (Å²) in [6.07, 6.45) is -8.00. The first kappa shape index (κ1) is 20.6. The molecule has 2 aromatic carbocycles. The third-order valence-corrected chi connectivity index (χ3v) is 5.23. The summed E-state index contributed by atoms with van der Waals surface area (Å²) < 4.78 is 16.8. The Labute approximate surface area is 171 Å². The fourth-order valence-electron chi connectivity index (χ4n) is 3.65. The van der Waals surface area contributed by atoms with E-state index in [1.54, 1.807) is 0 Å². The smallest absolute Gasteiger partial charge is 0.229 e. The monoisotopic (exact) mass is 418 g/mol. The van der Waals surface area contributed by atoms with Gasteiger partial charge in [-0.1, -0.05) is 30.3 Å². The molecule has 1 fully saturated rings. The summed E-state index contributed by atoms with van der Waals surface area (Å²) in [7, 11) is 0. The number of hydrogen-bond acceptors (Lipinski definition) is 9. The Morgan fingerprint density at radius 1 is 1.03 bits per heavy atom. The van der Waals surface area contributed by atoms with Gasteiger partial charge in [0, 0.05) is 12.1 Å². The van der Waals surface area contributed by atoms with E-state index in [1.165, 1.54) is 12.1 Å². The minimum absolute atomic E-state index is 0.0346. The maximum Gasteiger partial charge on any atom is 0.229 e. The van der Waals surface area contributed by atoms with E-state index in [2.05, 4.69) is 0 Å². The van der Waals surface area contributed by atoms with Gasteiger partial charge >= 0.3 is 0 Å². The summed E-state index contributed by atoms with van der Waals surface area (Å²) in [5, 5.41) is 49.4. The van der Waals surface area contributed by atoms with E-state index in [0.29, 0.717) is 0 Å². The Bertz CT molecular complexity index is 914.